The largest absolute Gasteiger partial charge is 0.369 e. The number of halogens is 1. The van der Waals surface area contributed by atoms with E-state index in [1.54, 1.807) is 12.1 Å². The number of anilines is 1. The molecular formula is C22H33FN6. The molecule has 6 nitrogen and oxygen atoms in total. The molecule has 2 N–H and O–H groups in total. The van der Waals surface area contributed by atoms with Crippen LogP contribution < -0.4 is 15.5 Å². The first kappa shape index (κ1) is 21.1. The van der Waals surface area contributed by atoms with Gasteiger partial charge in [-0.25, -0.2) is 9.37 Å². The predicted octanol–water partition coefficient (Wildman–Crippen LogP) is 3.33. The number of hydrogen-bond donors (Lipinski definition) is 2. The second-order valence-electron chi connectivity index (χ2n) is 7.54. The monoisotopic (exact) mass is 400 g/mol. The smallest absolute Gasteiger partial charge is 0.191 e. The molecule has 1 saturated heterocycles. The highest BCUT2D eigenvalue weighted by Crippen LogP contribution is 2.20. The molecule has 1 aliphatic rings. The zero-order valence-corrected chi connectivity index (χ0v) is 17.6. The van der Waals surface area contributed by atoms with Crippen molar-refractivity contribution in [1.29, 1.82) is 0 Å². The van der Waals surface area contributed by atoms with Gasteiger partial charge in [0.1, 0.15) is 11.6 Å². The van der Waals surface area contributed by atoms with Crippen LogP contribution in [0.5, 0.6) is 0 Å². The number of rotatable bonds is 8. The molecule has 2 heterocycles. The zero-order valence-electron chi connectivity index (χ0n) is 17.6. The number of hydrogen-bond acceptors (Lipinski definition) is 3. The van der Waals surface area contributed by atoms with Crippen molar-refractivity contribution in [3.8, 4) is 0 Å². The Kier molecular flexibility index (Phi) is 7.90. The fraction of sp³-hybridized carbons (Fsp3) is 0.545. The molecule has 3 rings (SSSR count). The average molecular weight is 401 g/mol. The second-order valence-corrected chi connectivity index (χ2v) is 7.54. The summed E-state index contributed by atoms with van der Waals surface area (Å²) >= 11 is 0. The van der Waals surface area contributed by atoms with Crippen LogP contribution in [0.2, 0.25) is 0 Å². The third kappa shape index (κ3) is 6.48. The van der Waals surface area contributed by atoms with Gasteiger partial charge < -0.3 is 20.1 Å². The molecule has 0 bridgehead atoms. The van der Waals surface area contributed by atoms with Crippen molar-refractivity contribution in [2.24, 2.45) is 4.99 Å². The van der Waals surface area contributed by atoms with Gasteiger partial charge in [-0.2, -0.15) is 0 Å². The fourth-order valence-corrected chi connectivity index (χ4v) is 3.74. The predicted molar refractivity (Wildman–Crippen MR) is 117 cm³/mol. The van der Waals surface area contributed by atoms with E-state index < -0.39 is 0 Å². The number of piperidine rings is 1. The van der Waals surface area contributed by atoms with E-state index in [4.69, 9.17) is 4.99 Å². The maximum atomic E-state index is 13.6. The Morgan fingerprint density at radius 2 is 2.24 bits per heavy atom. The zero-order chi connectivity index (χ0) is 20.5. The standard InChI is InChI=1S/C22H33FN6/c1-3-24-22(26-11-4-5-13-28-15-12-25-18(28)2)27-20-9-7-14-29(17-20)21-10-6-8-19(23)16-21/h6,8,10,12,15-16,20H,3-5,7,9,11,13-14,17H2,1-2H3,(H2,24,26,27). The van der Waals surface area contributed by atoms with E-state index in [0.29, 0.717) is 6.04 Å². The third-order valence-electron chi connectivity index (χ3n) is 5.28. The maximum Gasteiger partial charge on any atom is 0.191 e. The summed E-state index contributed by atoms with van der Waals surface area (Å²) in [6.07, 6.45) is 8.16. The minimum Gasteiger partial charge on any atom is -0.369 e. The van der Waals surface area contributed by atoms with E-state index in [9.17, 15) is 4.39 Å². The van der Waals surface area contributed by atoms with Gasteiger partial charge in [0.05, 0.1) is 0 Å². The highest BCUT2D eigenvalue weighted by molar-refractivity contribution is 5.80. The molecule has 0 aliphatic carbocycles. The summed E-state index contributed by atoms with van der Waals surface area (Å²) in [5.41, 5.74) is 0.952. The Balaban J connectivity index is 1.48. The number of benzene rings is 1. The van der Waals surface area contributed by atoms with Gasteiger partial charge >= 0.3 is 0 Å². The van der Waals surface area contributed by atoms with E-state index in [0.717, 1.165) is 75.9 Å². The summed E-state index contributed by atoms with van der Waals surface area (Å²) in [6.45, 7) is 8.54. The average Bonchev–Trinajstić information content (AvgIpc) is 3.13. The Labute approximate surface area is 173 Å². The molecule has 1 aliphatic heterocycles. The number of aliphatic imine (C=N–C) groups is 1. The number of aromatic nitrogens is 2. The van der Waals surface area contributed by atoms with Gasteiger partial charge in [0.25, 0.3) is 0 Å². The minimum absolute atomic E-state index is 0.182. The van der Waals surface area contributed by atoms with E-state index in [1.807, 2.05) is 25.4 Å². The highest BCUT2D eigenvalue weighted by Gasteiger charge is 2.21. The number of nitrogens with zero attached hydrogens (tertiary/aromatic N) is 4. The molecule has 1 atom stereocenters. The van der Waals surface area contributed by atoms with Crippen molar-refractivity contribution < 1.29 is 4.39 Å². The molecule has 1 unspecified atom stereocenters. The first-order chi connectivity index (χ1) is 14.2. The molecule has 7 heteroatoms. The van der Waals surface area contributed by atoms with Crippen molar-refractivity contribution in [2.45, 2.75) is 52.1 Å². The maximum absolute atomic E-state index is 13.6. The van der Waals surface area contributed by atoms with Crippen LogP contribution in [0, 0.1) is 12.7 Å². The van der Waals surface area contributed by atoms with Crippen molar-refractivity contribution in [3.05, 3.63) is 48.3 Å². The lowest BCUT2D eigenvalue weighted by atomic mass is 10.0. The van der Waals surface area contributed by atoms with Crippen LogP contribution in [-0.4, -0.2) is 47.7 Å². The molecular weight excluding hydrogens is 367 g/mol. The first-order valence-electron chi connectivity index (χ1n) is 10.7. The summed E-state index contributed by atoms with van der Waals surface area (Å²) < 4.78 is 15.7. The molecule has 0 spiro atoms. The van der Waals surface area contributed by atoms with Crippen LogP contribution in [0.3, 0.4) is 0 Å². The molecule has 1 fully saturated rings. The quantitative estimate of drug-likeness (QED) is 0.405. The summed E-state index contributed by atoms with van der Waals surface area (Å²) in [7, 11) is 0. The Hall–Kier alpha value is -2.57. The third-order valence-corrected chi connectivity index (χ3v) is 5.28. The number of aryl methyl sites for hydroxylation is 2. The summed E-state index contributed by atoms with van der Waals surface area (Å²) in [4.78, 5) is 11.3. The molecule has 0 radical (unpaired) electrons. The van der Waals surface area contributed by atoms with E-state index in [2.05, 4.69) is 32.0 Å². The summed E-state index contributed by atoms with van der Waals surface area (Å²) in [6, 6.07) is 7.17. The topological polar surface area (TPSA) is 57.5 Å². The van der Waals surface area contributed by atoms with E-state index >= 15 is 0 Å². The van der Waals surface area contributed by atoms with Crippen molar-refractivity contribution in [2.75, 3.05) is 31.1 Å². The fourth-order valence-electron chi connectivity index (χ4n) is 3.74. The van der Waals surface area contributed by atoms with Gasteiger partial charge in [-0.3, -0.25) is 4.99 Å². The van der Waals surface area contributed by atoms with Crippen molar-refractivity contribution in [3.63, 3.8) is 0 Å². The second kappa shape index (κ2) is 10.8. The van der Waals surface area contributed by atoms with Crippen LogP contribution in [-0.2, 0) is 6.54 Å². The normalized spacial score (nSPS) is 17.4. The number of nitrogens with one attached hydrogen (secondary N) is 2. The molecule has 2 aromatic rings. The molecule has 0 amide bonds. The van der Waals surface area contributed by atoms with Gasteiger partial charge in [0, 0.05) is 56.8 Å². The lowest BCUT2D eigenvalue weighted by molar-refractivity contribution is 0.467. The minimum atomic E-state index is -0.182. The number of guanidine groups is 1. The molecule has 29 heavy (non-hydrogen) atoms. The Bertz CT molecular complexity index is 787. The van der Waals surface area contributed by atoms with E-state index in [1.165, 1.54) is 6.07 Å². The molecule has 158 valence electrons. The van der Waals surface area contributed by atoms with Gasteiger partial charge in [-0.05, 0) is 57.7 Å². The lowest BCUT2D eigenvalue weighted by Gasteiger charge is -2.35. The lowest BCUT2D eigenvalue weighted by Crippen LogP contribution is -2.51. The van der Waals surface area contributed by atoms with Gasteiger partial charge in [-0.1, -0.05) is 6.07 Å². The van der Waals surface area contributed by atoms with Crippen molar-refractivity contribution >= 4 is 11.6 Å². The van der Waals surface area contributed by atoms with Crippen LogP contribution in [0.15, 0.2) is 41.7 Å². The number of imidazole rings is 1. The van der Waals surface area contributed by atoms with Crippen LogP contribution in [0.25, 0.3) is 0 Å². The van der Waals surface area contributed by atoms with Gasteiger partial charge in [-0.15, -0.1) is 0 Å². The molecule has 1 aromatic heterocycles. The van der Waals surface area contributed by atoms with Crippen LogP contribution in [0.1, 0.15) is 38.4 Å². The number of unbranched alkanes of at least 4 members (excludes halogenated alkanes) is 1. The van der Waals surface area contributed by atoms with Crippen molar-refractivity contribution in [1.82, 2.24) is 20.2 Å². The summed E-state index contributed by atoms with van der Waals surface area (Å²) in [5, 5.41) is 6.93. The summed E-state index contributed by atoms with van der Waals surface area (Å²) in [5.74, 6) is 1.75. The SMILES string of the molecule is CCNC(=NCCCCn1ccnc1C)NC1CCCN(c2cccc(F)c2)C1. The van der Waals surface area contributed by atoms with Crippen LogP contribution >= 0.6 is 0 Å². The Morgan fingerprint density at radius 3 is 3.00 bits per heavy atom. The molecule has 0 saturated carbocycles. The van der Waals surface area contributed by atoms with Crippen LogP contribution in [0.4, 0.5) is 10.1 Å². The Morgan fingerprint density at radius 1 is 1.34 bits per heavy atom. The first-order valence-corrected chi connectivity index (χ1v) is 10.7. The highest BCUT2D eigenvalue weighted by atomic mass is 19.1. The van der Waals surface area contributed by atoms with Gasteiger partial charge in [0.15, 0.2) is 5.96 Å². The molecule has 1 aromatic carbocycles. The van der Waals surface area contributed by atoms with E-state index in [-0.39, 0.29) is 5.82 Å². The van der Waals surface area contributed by atoms with Gasteiger partial charge in [0.2, 0.25) is 0 Å².